The summed E-state index contributed by atoms with van der Waals surface area (Å²) < 4.78 is 17.3. The van der Waals surface area contributed by atoms with E-state index in [-0.39, 0.29) is 17.9 Å². The van der Waals surface area contributed by atoms with Gasteiger partial charge in [0.2, 0.25) is 0 Å². The number of likely N-dealkylation sites (tertiary alicyclic amines) is 1. The second-order valence-corrected chi connectivity index (χ2v) is 9.13. The smallest absolute Gasteiger partial charge is 0.295 e. The normalized spacial score (nSPS) is 17.7. The summed E-state index contributed by atoms with van der Waals surface area (Å²) in [6.45, 7) is 0.959. The molecular formula is C31H24N2O6. The Morgan fingerprint density at radius 2 is 1.62 bits per heavy atom. The predicted molar refractivity (Wildman–Crippen MR) is 142 cm³/mol. The minimum absolute atomic E-state index is 0.0115. The molecule has 1 saturated heterocycles. The topological polar surface area (TPSA) is 98.2 Å². The number of rotatable bonds is 6. The third-order valence-electron chi connectivity index (χ3n) is 6.61. The Labute approximate surface area is 224 Å². The molecule has 1 atom stereocenters. The van der Waals surface area contributed by atoms with E-state index in [9.17, 15) is 14.7 Å². The van der Waals surface area contributed by atoms with Gasteiger partial charge in [0.1, 0.15) is 30.5 Å². The van der Waals surface area contributed by atoms with Crippen LogP contribution in [0.3, 0.4) is 0 Å². The van der Waals surface area contributed by atoms with Crippen LogP contribution in [0.4, 0.5) is 0 Å². The molecule has 1 N–H and O–H groups in total. The molecular weight excluding hydrogens is 496 g/mol. The Morgan fingerprint density at radius 1 is 0.872 bits per heavy atom. The summed E-state index contributed by atoms with van der Waals surface area (Å²) in [4.78, 5) is 32.4. The molecule has 6 rings (SSSR count). The summed E-state index contributed by atoms with van der Waals surface area (Å²) in [6.07, 6.45) is 3.26. The Bertz CT molecular complexity index is 1570. The van der Waals surface area contributed by atoms with Gasteiger partial charge in [-0.05, 0) is 65.7 Å². The van der Waals surface area contributed by atoms with Gasteiger partial charge in [-0.2, -0.15) is 0 Å². The van der Waals surface area contributed by atoms with Crippen molar-refractivity contribution in [3.05, 3.63) is 120 Å². The molecule has 0 bridgehead atoms. The maximum atomic E-state index is 13.5. The Hall–Kier alpha value is -5.11. The summed E-state index contributed by atoms with van der Waals surface area (Å²) in [6, 6.07) is 24.1. The lowest BCUT2D eigenvalue weighted by Gasteiger charge is -2.26. The minimum atomic E-state index is -0.856. The minimum Gasteiger partial charge on any atom is -0.507 e. The van der Waals surface area contributed by atoms with Gasteiger partial charge in [-0.1, -0.05) is 30.3 Å². The number of pyridine rings is 1. The number of aliphatic hydroxyl groups is 1. The number of amides is 1. The molecule has 194 valence electrons. The lowest BCUT2D eigenvalue weighted by Crippen LogP contribution is -2.29. The van der Waals surface area contributed by atoms with Crippen LogP contribution in [0.2, 0.25) is 0 Å². The number of carbonyl (C=O) groups is 2. The predicted octanol–water partition coefficient (Wildman–Crippen LogP) is 5.27. The number of aliphatic hydroxyl groups excluding tert-OH is 1. The molecule has 39 heavy (non-hydrogen) atoms. The quantitative estimate of drug-likeness (QED) is 0.210. The van der Waals surface area contributed by atoms with Gasteiger partial charge in [0.05, 0.1) is 11.6 Å². The molecule has 8 nitrogen and oxygen atoms in total. The summed E-state index contributed by atoms with van der Waals surface area (Å²) in [5.74, 6) is 0.441. The zero-order chi connectivity index (χ0) is 26.8. The van der Waals surface area contributed by atoms with E-state index in [0.29, 0.717) is 47.3 Å². The first-order valence-electron chi connectivity index (χ1n) is 12.5. The summed E-state index contributed by atoms with van der Waals surface area (Å²) in [5.41, 5.74) is 1.76. The number of ketones is 1. The fourth-order valence-electron chi connectivity index (χ4n) is 4.79. The lowest BCUT2D eigenvalue weighted by molar-refractivity contribution is -0.140. The van der Waals surface area contributed by atoms with Crippen molar-refractivity contribution in [1.82, 2.24) is 9.88 Å². The number of fused-ring (bicyclic) bond motifs is 1. The number of benzene rings is 3. The molecule has 1 aromatic heterocycles. The first-order valence-corrected chi connectivity index (χ1v) is 12.5. The Morgan fingerprint density at radius 3 is 2.41 bits per heavy atom. The summed E-state index contributed by atoms with van der Waals surface area (Å²) in [5, 5.41) is 11.5. The van der Waals surface area contributed by atoms with Gasteiger partial charge in [-0.15, -0.1) is 0 Å². The maximum Gasteiger partial charge on any atom is 0.295 e. The van der Waals surface area contributed by atoms with Crippen LogP contribution in [0.5, 0.6) is 23.0 Å². The van der Waals surface area contributed by atoms with E-state index in [0.717, 1.165) is 5.56 Å². The molecule has 3 heterocycles. The van der Waals surface area contributed by atoms with Crippen LogP contribution in [0, 0.1) is 0 Å². The summed E-state index contributed by atoms with van der Waals surface area (Å²) >= 11 is 0. The third-order valence-corrected chi connectivity index (χ3v) is 6.61. The number of hydrogen-bond acceptors (Lipinski definition) is 7. The molecule has 2 aliphatic heterocycles. The van der Waals surface area contributed by atoms with Crippen LogP contribution >= 0.6 is 0 Å². The van der Waals surface area contributed by atoms with Gasteiger partial charge in [-0.25, -0.2) is 0 Å². The zero-order valence-corrected chi connectivity index (χ0v) is 20.8. The van der Waals surface area contributed by atoms with E-state index in [4.69, 9.17) is 14.2 Å². The van der Waals surface area contributed by atoms with Crippen molar-refractivity contribution in [3.8, 4) is 23.0 Å². The van der Waals surface area contributed by atoms with E-state index in [1.165, 1.54) is 4.90 Å². The zero-order valence-electron chi connectivity index (χ0n) is 20.8. The van der Waals surface area contributed by atoms with E-state index in [1.807, 2.05) is 36.4 Å². The molecule has 0 spiro atoms. The van der Waals surface area contributed by atoms with Crippen molar-refractivity contribution in [2.24, 2.45) is 0 Å². The van der Waals surface area contributed by atoms with E-state index < -0.39 is 17.7 Å². The van der Waals surface area contributed by atoms with Crippen LogP contribution < -0.4 is 14.2 Å². The van der Waals surface area contributed by atoms with Crippen molar-refractivity contribution >= 4 is 17.4 Å². The SMILES string of the molecule is O=C1C(=O)N(Cc2ccncc2)C(c2cccc(Oc3ccccc3)c2)C1=C(O)c1ccc2c(c1)OCCO2. The second-order valence-electron chi connectivity index (χ2n) is 9.13. The van der Waals surface area contributed by atoms with Crippen molar-refractivity contribution in [1.29, 1.82) is 0 Å². The fourth-order valence-corrected chi connectivity index (χ4v) is 4.79. The monoisotopic (exact) mass is 520 g/mol. The van der Waals surface area contributed by atoms with Gasteiger partial charge in [0.25, 0.3) is 11.7 Å². The standard InChI is InChI=1S/C31H24N2O6/c34-29(22-9-10-25-26(18-22)38-16-15-37-25)27-28(33(31(36)30(27)35)19-20-11-13-32-14-12-20)21-5-4-8-24(17-21)39-23-6-2-1-3-7-23/h1-14,17-18,28,34H,15-16,19H2. The molecule has 0 radical (unpaired) electrons. The first-order chi connectivity index (χ1) is 19.1. The number of hydrogen-bond donors (Lipinski definition) is 1. The van der Waals surface area contributed by atoms with Crippen LogP contribution in [-0.2, 0) is 16.1 Å². The van der Waals surface area contributed by atoms with Gasteiger partial charge in [0, 0.05) is 24.5 Å². The largest absolute Gasteiger partial charge is 0.507 e. The van der Waals surface area contributed by atoms with Crippen molar-refractivity contribution < 1.29 is 28.9 Å². The van der Waals surface area contributed by atoms with Crippen LogP contribution in [-0.4, -0.2) is 39.9 Å². The molecule has 8 heteroatoms. The average molecular weight is 521 g/mol. The van der Waals surface area contributed by atoms with Gasteiger partial charge in [0.15, 0.2) is 11.5 Å². The molecule has 1 unspecified atom stereocenters. The molecule has 1 fully saturated rings. The Kier molecular flexibility index (Phi) is 6.42. The third kappa shape index (κ3) is 4.80. The van der Waals surface area contributed by atoms with Gasteiger partial charge >= 0.3 is 0 Å². The van der Waals surface area contributed by atoms with E-state index in [1.54, 1.807) is 60.9 Å². The van der Waals surface area contributed by atoms with Crippen LogP contribution in [0.15, 0.2) is 103 Å². The highest BCUT2D eigenvalue weighted by atomic mass is 16.6. The van der Waals surface area contributed by atoms with Crippen LogP contribution in [0.25, 0.3) is 5.76 Å². The number of ether oxygens (including phenoxy) is 3. The summed E-state index contributed by atoms with van der Waals surface area (Å²) in [7, 11) is 0. The highest BCUT2D eigenvalue weighted by molar-refractivity contribution is 6.46. The maximum absolute atomic E-state index is 13.5. The van der Waals surface area contributed by atoms with E-state index in [2.05, 4.69) is 4.98 Å². The second kappa shape index (κ2) is 10.3. The highest BCUT2D eigenvalue weighted by Crippen LogP contribution is 2.42. The van der Waals surface area contributed by atoms with Crippen LogP contribution in [0.1, 0.15) is 22.7 Å². The highest BCUT2D eigenvalue weighted by Gasteiger charge is 2.46. The first kappa shape index (κ1) is 24.2. The molecule has 0 aliphatic carbocycles. The van der Waals surface area contributed by atoms with Crippen molar-refractivity contribution in [2.75, 3.05) is 13.2 Å². The Balaban J connectivity index is 1.45. The van der Waals surface area contributed by atoms with Gasteiger partial charge < -0.3 is 24.2 Å². The van der Waals surface area contributed by atoms with Crippen molar-refractivity contribution in [3.63, 3.8) is 0 Å². The molecule has 4 aromatic rings. The molecule has 1 amide bonds. The molecule has 2 aliphatic rings. The van der Waals surface area contributed by atoms with Gasteiger partial charge in [-0.3, -0.25) is 14.6 Å². The average Bonchev–Trinajstić information content (AvgIpc) is 3.22. The number of Topliss-reactive ketones (excluding diaryl/α,β-unsaturated/α-hetero) is 1. The molecule has 3 aromatic carbocycles. The lowest BCUT2D eigenvalue weighted by atomic mass is 9.95. The number of nitrogens with zero attached hydrogens (tertiary/aromatic N) is 2. The number of carbonyl (C=O) groups excluding carboxylic acids is 2. The number of aromatic nitrogens is 1. The number of para-hydroxylation sites is 1. The van der Waals surface area contributed by atoms with Crippen molar-refractivity contribution in [2.45, 2.75) is 12.6 Å². The molecule has 0 saturated carbocycles. The fraction of sp³-hybridized carbons (Fsp3) is 0.129. The van der Waals surface area contributed by atoms with E-state index >= 15 is 0 Å².